The number of aromatic nitrogens is 2. The summed E-state index contributed by atoms with van der Waals surface area (Å²) in [6.45, 7) is 3.81. The summed E-state index contributed by atoms with van der Waals surface area (Å²) < 4.78 is 17.7. The zero-order valence-corrected chi connectivity index (χ0v) is 17.0. The summed E-state index contributed by atoms with van der Waals surface area (Å²) in [6, 6.07) is 12.5. The minimum Gasteiger partial charge on any atom is -0.394 e. The van der Waals surface area contributed by atoms with Crippen LogP contribution in [0.3, 0.4) is 0 Å². The monoisotopic (exact) mass is 413 g/mol. The minimum absolute atomic E-state index is 0.262. The molecule has 1 amide bonds. The van der Waals surface area contributed by atoms with Crippen molar-refractivity contribution in [3.63, 3.8) is 0 Å². The van der Waals surface area contributed by atoms with Gasteiger partial charge in [-0.2, -0.15) is 0 Å². The number of carbonyl (C=O) groups is 1. The lowest BCUT2D eigenvalue weighted by Gasteiger charge is -2.13. The highest BCUT2D eigenvalue weighted by Crippen LogP contribution is 2.32. The Kier molecular flexibility index (Phi) is 6.26. The average Bonchev–Trinajstić information content (AvgIpc) is 3.08. The normalized spacial score (nSPS) is 11.2. The van der Waals surface area contributed by atoms with Crippen molar-refractivity contribution in [3.05, 3.63) is 65.4 Å². The molecule has 4 N–H and O–H groups in total. The molecule has 1 atom stereocenters. The summed E-state index contributed by atoms with van der Waals surface area (Å²) in [5, 5.41) is 7.12. The van der Waals surface area contributed by atoms with E-state index in [9.17, 15) is 9.36 Å². The summed E-state index contributed by atoms with van der Waals surface area (Å²) in [5.74, 6) is 0.205. The van der Waals surface area contributed by atoms with Crippen LogP contribution in [0.4, 0.5) is 11.5 Å². The van der Waals surface area contributed by atoms with Crippen LogP contribution in [-0.4, -0.2) is 20.6 Å². The van der Waals surface area contributed by atoms with Crippen molar-refractivity contribution in [1.29, 1.82) is 0 Å². The van der Waals surface area contributed by atoms with E-state index in [2.05, 4.69) is 10.4 Å². The number of nitrogens with two attached hydrogens (primary N) is 1. The van der Waals surface area contributed by atoms with Crippen molar-refractivity contribution in [3.8, 4) is 11.4 Å². The van der Waals surface area contributed by atoms with E-state index in [0.29, 0.717) is 29.8 Å². The van der Waals surface area contributed by atoms with E-state index in [0.717, 1.165) is 16.8 Å². The third-order valence-corrected chi connectivity index (χ3v) is 4.86. The van der Waals surface area contributed by atoms with Crippen molar-refractivity contribution in [2.75, 3.05) is 11.1 Å². The second-order valence-electron chi connectivity index (χ2n) is 6.27. The quantitative estimate of drug-likeness (QED) is 0.506. The number of rotatable bonds is 7. The Bertz CT molecular complexity index is 1050. The average molecular weight is 413 g/mol. The molecule has 150 valence electrons. The lowest BCUT2D eigenvalue weighted by Crippen LogP contribution is -2.17. The van der Waals surface area contributed by atoms with Crippen LogP contribution in [-0.2, 0) is 17.4 Å². The number of hydrogen-bond donors (Lipinski definition) is 3. The Morgan fingerprint density at radius 3 is 2.48 bits per heavy atom. The van der Waals surface area contributed by atoms with Gasteiger partial charge in [-0.25, -0.2) is 9.21 Å². The van der Waals surface area contributed by atoms with Crippen LogP contribution in [0.15, 0.2) is 48.7 Å². The van der Waals surface area contributed by atoms with Crippen LogP contribution in [0.2, 0.25) is 0 Å². The highest BCUT2D eigenvalue weighted by molar-refractivity contribution is 7.32. The standard InChI is InChI=1S/C20H21N4O4P/c1-3-14-15(4-2)18(28-29(26)27)11-10-16(14)20(25)22-19-17(21)12-24(23-19)13-8-6-5-7-9-13/h5-12H,3-4,21H2,1-2H3,(H-,22,23,25,26,27)/p+1. The predicted octanol–water partition coefficient (Wildman–Crippen LogP) is 3.86. The van der Waals surface area contributed by atoms with Gasteiger partial charge < -0.3 is 11.1 Å². The first kappa shape index (κ1) is 20.5. The molecule has 0 aliphatic rings. The molecule has 0 saturated carbocycles. The number of nitrogens with one attached hydrogen (secondary N) is 1. The molecule has 3 rings (SSSR count). The molecule has 0 radical (unpaired) electrons. The Hall–Kier alpha value is -3.22. The molecule has 0 aliphatic heterocycles. The minimum atomic E-state index is -2.78. The van der Waals surface area contributed by atoms with E-state index in [1.807, 2.05) is 44.2 Å². The van der Waals surface area contributed by atoms with E-state index >= 15 is 0 Å². The first-order valence-electron chi connectivity index (χ1n) is 9.15. The van der Waals surface area contributed by atoms with E-state index in [4.69, 9.17) is 15.2 Å². The van der Waals surface area contributed by atoms with E-state index in [1.54, 1.807) is 16.9 Å². The van der Waals surface area contributed by atoms with Crippen LogP contribution in [0.25, 0.3) is 5.69 Å². The molecular formula is C20H22N4O4P+. The van der Waals surface area contributed by atoms with Crippen molar-refractivity contribution in [2.24, 2.45) is 0 Å². The van der Waals surface area contributed by atoms with Crippen molar-refractivity contribution < 1.29 is 18.8 Å². The fourth-order valence-electron chi connectivity index (χ4n) is 3.22. The molecule has 2 aromatic carbocycles. The van der Waals surface area contributed by atoms with E-state index in [1.165, 1.54) is 6.07 Å². The van der Waals surface area contributed by atoms with Gasteiger partial charge in [0, 0.05) is 15.7 Å². The molecule has 0 bridgehead atoms. The van der Waals surface area contributed by atoms with Gasteiger partial charge in [-0.3, -0.25) is 4.79 Å². The third-order valence-electron chi connectivity index (χ3n) is 4.51. The molecular weight excluding hydrogens is 391 g/mol. The fraction of sp³-hybridized carbons (Fsp3) is 0.200. The van der Waals surface area contributed by atoms with Crippen molar-refractivity contribution in [1.82, 2.24) is 9.78 Å². The molecule has 8 nitrogen and oxygen atoms in total. The van der Waals surface area contributed by atoms with Gasteiger partial charge >= 0.3 is 8.25 Å². The highest BCUT2D eigenvalue weighted by atomic mass is 31.1. The maximum absolute atomic E-state index is 12.9. The third kappa shape index (κ3) is 4.45. The molecule has 0 spiro atoms. The largest absolute Gasteiger partial charge is 0.747 e. The summed E-state index contributed by atoms with van der Waals surface area (Å²) in [7, 11) is -2.78. The number of benzene rings is 2. The van der Waals surface area contributed by atoms with Crippen LogP contribution in [0, 0.1) is 0 Å². The van der Waals surface area contributed by atoms with Gasteiger partial charge in [0.1, 0.15) is 0 Å². The second-order valence-corrected chi connectivity index (χ2v) is 6.93. The smallest absolute Gasteiger partial charge is 0.394 e. The summed E-state index contributed by atoms with van der Waals surface area (Å²) in [6.07, 6.45) is 2.74. The Labute approximate surface area is 169 Å². The molecule has 1 unspecified atom stereocenters. The van der Waals surface area contributed by atoms with Gasteiger partial charge in [0.05, 0.1) is 17.6 Å². The van der Waals surface area contributed by atoms with Crippen molar-refractivity contribution >= 4 is 25.7 Å². The molecule has 9 heteroatoms. The fourth-order valence-corrected chi connectivity index (χ4v) is 3.56. The van der Waals surface area contributed by atoms with Crippen LogP contribution in [0.5, 0.6) is 5.75 Å². The summed E-state index contributed by atoms with van der Waals surface area (Å²) in [5.41, 5.74) is 9.11. The SMILES string of the molecule is CCc1c(O[P+](=O)O)ccc(C(=O)Nc2nn(-c3ccccc3)cc2N)c1CC. The number of nitrogens with zero attached hydrogens (tertiary/aromatic N) is 2. The van der Waals surface area contributed by atoms with Gasteiger partial charge in [-0.05, 0) is 42.7 Å². The Balaban J connectivity index is 1.91. The maximum atomic E-state index is 12.9. The Morgan fingerprint density at radius 1 is 1.17 bits per heavy atom. The van der Waals surface area contributed by atoms with E-state index < -0.39 is 8.25 Å². The van der Waals surface area contributed by atoms with Crippen LogP contribution in [0.1, 0.15) is 35.3 Å². The zero-order chi connectivity index (χ0) is 21.0. The number of hydrogen-bond acceptors (Lipinski definition) is 5. The van der Waals surface area contributed by atoms with Crippen molar-refractivity contribution in [2.45, 2.75) is 26.7 Å². The zero-order valence-electron chi connectivity index (χ0n) is 16.1. The first-order chi connectivity index (χ1) is 13.9. The van der Waals surface area contributed by atoms with Gasteiger partial charge in [-0.1, -0.05) is 32.0 Å². The molecule has 0 saturated heterocycles. The molecule has 0 fully saturated rings. The van der Waals surface area contributed by atoms with Crippen LogP contribution >= 0.6 is 8.25 Å². The molecule has 3 aromatic rings. The molecule has 29 heavy (non-hydrogen) atoms. The molecule has 1 heterocycles. The number of carbonyl (C=O) groups excluding carboxylic acids is 1. The summed E-state index contributed by atoms with van der Waals surface area (Å²) >= 11 is 0. The Morgan fingerprint density at radius 2 is 1.86 bits per heavy atom. The summed E-state index contributed by atoms with van der Waals surface area (Å²) in [4.78, 5) is 22.0. The topological polar surface area (TPSA) is 119 Å². The lowest BCUT2D eigenvalue weighted by atomic mass is 9.95. The number of anilines is 2. The molecule has 1 aromatic heterocycles. The van der Waals surface area contributed by atoms with Gasteiger partial charge in [-0.15, -0.1) is 9.99 Å². The second kappa shape index (κ2) is 8.86. The number of para-hydroxylation sites is 1. The first-order valence-corrected chi connectivity index (χ1v) is 10.3. The molecule has 0 aliphatic carbocycles. The number of nitrogen functional groups attached to an aromatic ring is 1. The van der Waals surface area contributed by atoms with Gasteiger partial charge in [0.2, 0.25) is 0 Å². The van der Waals surface area contributed by atoms with E-state index in [-0.39, 0.29) is 11.7 Å². The highest BCUT2D eigenvalue weighted by Gasteiger charge is 2.23. The van der Waals surface area contributed by atoms with Crippen LogP contribution < -0.4 is 15.6 Å². The predicted molar refractivity (Wildman–Crippen MR) is 112 cm³/mol. The lowest BCUT2D eigenvalue weighted by molar-refractivity contribution is 0.102. The van der Waals surface area contributed by atoms with Gasteiger partial charge in [0.25, 0.3) is 5.91 Å². The van der Waals surface area contributed by atoms with Gasteiger partial charge in [0.15, 0.2) is 11.6 Å². The maximum Gasteiger partial charge on any atom is 0.747 e. The number of amides is 1.